The van der Waals surface area contributed by atoms with E-state index < -0.39 is 0 Å². The van der Waals surface area contributed by atoms with Gasteiger partial charge in [-0.15, -0.1) is 0 Å². The van der Waals surface area contributed by atoms with Crippen LogP contribution in [0.3, 0.4) is 0 Å². The first-order chi connectivity index (χ1) is 23.1. The molecule has 7 aromatic rings. The standard InChI is InChI=1S/C46H42O2/c1-45(2,41-20-22-43(47)37(28-41)26-31-16-18-33-10-5-7-12-35(33)24-31)39-14-9-15-40(30-39)46(3,4)42-21-23-44(48)38(29-42)27-32-17-19-34-11-6-8-13-36(34)25-32/h5-25,28-30,47-48H,26-27H2,1-4H3. The van der Waals surface area contributed by atoms with Crippen molar-refractivity contribution in [3.05, 3.63) is 190 Å². The average molecular weight is 627 g/mol. The Balaban J connectivity index is 1.17. The largest absolute Gasteiger partial charge is 0.508 e. The molecule has 0 fully saturated rings. The second kappa shape index (κ2) is 12.4. The first kappa shape index (κ1) is 31.3. The molecule has 2 heteroatoms. The van der Waals surface area contributed by atoms with E-state index >= 15 is 0 Å². The SMILES string of the molecule is CC(C)(c1cccc(C(C)(C)c2ccc(O)c(Cc3ccc4ccccc4c3)c2)c1)c1ccc(O)c(Cc2ccc3ccccc3c2)c1. The van der Waals surface area contributed by atoms with Crippen LogP contribution in [0.15, 0.2) is 146 Å². The van der Waals surface area contributed by atoms with Gasteiger partial charge in [-0.2, -0.15) is 0 Å². The van der Waals surface area contributed by atoms with E-state index in [9.17, 15) is 10.2 Å². The number of hydrogen-bond donors (Lipinski definition) is 2. The lowest BCUT2D eigenvalue weighted by molar-refractivity contribution is 0.468. The Hall–Kier alpha value is -5.34. The molecular formula is C46H42O2. The maximum absolute atomic E-state index is 10.9. The number of fused-ring (bicyclic) bond motifs is 2. The molecule has 7 rings (SSSR count). The summed E-state index contributed by atoms with van der Waals surface area (Å²) < 4.78 is 0. The van der Waals surface area contributed by atoms with Crippen molar-refractivity contribution in [2.24, 2.45) is 0 Å². The van der Waals surface area contributed by atoms with Gasteiger partial charge in [0.2, 0.25) is 0 Å². The van der Waals surface area contributed by atoms with Gasteiger partial charge in [0.15, 0.2) is 0 Å². The molecule has 0 saturated carbocycles. The van der Waals surface area contributed by atoms with Gasteiger partial charge in [-0.1, -0.05) is 161 Å². The minimum absolute atomic E-state index is 0.297. The van der Waals surface area contributed by atoms with Crippen molar-refractivity contribution in [3.63, 3.8) is 0 Å². The molecule has 0 spiro atoms. The molecule has 2 nitrogen and oxygen atoms in total. The zero-order valence-corrected chi connectivity index (χ0v) is 28.2. The molecule has 7 aromatic carbocycles. The molecule has 0 aliphatic heterocycles. The van der Waals surface area contributed by atoms with E-state index in [1.165, 1.54) is 43.8 Å². The van der Waals surface area contributed by atoms with Crippen molar-refractivity contribution in [2.45, 2.75) is 51.4 Å². The first-order valence-electron chi connectivity index (χ1n) is 16.8. The Morgan fingerprint density at radius 3 is 1.21 bits per heavy atom. The Morgan fingerprint density at radius 2 is 0.771 bits per heavy atom. The summed E-state index contributed by atoms with van der Waals surface area (Å²) in [4.78, 5) is 0. The molecule has 0 aromatic heterocycles. The van der Waals surface area contributed by atoms with Gasteiger partial charge in [0.05, 0.1) is 0 Å². The molecule has 2 N–H and O–H groups in total. The molecule has 0 unspecified atom stereocenters. The van der Waals surface area contributed by atoms with Crippen LogP contribution in [0.2, 0.25) is 0 Å². The minimum Gasteiger partial charge on any atom is -0.508 e. The molecule has 0 saturated heterocycles. The van der Waals surface area contributed by atoms with Crippen LogP contribution >= 0.6 is 0 Å². The molecule has 0 radical (unpaired) electrons. The van der Waals surface area contributed by atoms with Crippen molar-refractivity contribution < 1.29 is 10.2 Å². The third kappa shape index (κ3) is 6.07. The summed E-state index contributed by atoms with van der Waals surface area (Å²) in [5.74, 6) is 0.647. The first-order valence-corrected chi connectivity index (χ1v) is 16.8. The fraction of sp³-hybridized carbons (Fsp3) is 0.174. The second-order valence-corrected chi connectivity index (χ2v) is 14.2. The summed E-state index contributed by atoms with van der Waals surface area (Å²) in [5.41, 5.74) is 8.36. The highest BCUT2D eigenvalue weighted by Crippen LogP contribution is 2.39. The fourth-order valence-electron chi connectivity index (χ4n) is 7.00. The van der Waals surface area contributed by atoms with Crippen molar-refractivity contribution in [2.75, 3.05) is 0 Å². The van der Waals surface area contributed by atoms with Gasteiger partial charge in [0, 0.05) is 23.7 Å². The maximum Gasteiger partial charge on any atom is 0.119 e. The van der Waals surface area contributed by atoms with E-state index in [1.807, 2.05) is 12.1 Å². The highest BCUT2D eigenvalue weighted by molar-refractivity contribution is 5.84. The quantitative estimate of drug-likeness (QED) is 0.176. The normalized spacial score (nSPS) is 12.1. The zero-order chi connectivity index (χ0) is 33.5. The van der Waals surface area contributed by atoms with E-state index in [0.29, 0.717) is 24.3 Å². The van der Waals surface area contributed by atoms with E-state index in [4.69, 9.17) is 0 Å². The van der Waals surface area contributed by atoms with E-state index in [2.05, 4.69) is 161 Å². The van der Waals surface area contributed by atoms with Crippen LogP contribution in [0.5, 0.6) is 11.5 Å². The number of aromatic hydroxyl groups is 2. The van der Waals surface area contributed by atoms with Gasteiger partial charge in [-0.3, -0.25) is 0 Å². The van der Waals surface area contributed by atoms with Crippen LogP contribution < -0.4 is 0 Å². The predicted molar refractivity (Wildman–Crippen MR) is 200 cm³/mol. The topological polar surface area (TPSA) is 40.5 Å². The molecule has 0 aliphatic rings. The van der Waals surface area contributed by atoms with Crippen LogP contribution in [0.1, 0.15) is 72.2 Å². The Bertz CT molecular complexity index is 2120. The summed E-state index contributed by atoms with van der Waals surface area (Å²) >= 11 is 0. The van der Waals surface area contributed by atoms with E-state index in [0.717, 1.165) is 22.3 Å². The van der Waals surface area contributed by atoms with Gasteiger partial charge >= 0.3 is 0 Å². The van der Waals surface area contributed by atoms with Crippen molar-refractivity contribution >= 4 is 21.5 Å². The van der Waals surface area contributed by atoms with Gasteiger partial charge in [0.25, 0.3) is 0 Å². The molecule has 0 bridgehead atoms. The number of rotatable bonds is 8. The van der Waals surface area contributed by atoms with Crippen molar-refractivity contribution in [3.8, 4) is 11.5 Å². The maximum atomic E-state index is 10.9. The smallest absolute Gasteiger partial charge is 0.119 e. The van der Waals surface area contributed by atoms with Gasteiger partial charge < -0.3 is 10.2 Å². The summed E-state index contributed by atoms with van der Waals surface area (Å²) in [6.45, 7) is 9.03. The lowest BCUT2D eigenvalue weighted by Crippen LogP contribution is -2.23. The molecule has 48 heavy (non-hydrogen) atoms. The van der Waals surface area contributed by atoms with Crippen LogP contribution in [0, 0.1) is 0 Å². The van der Waals surface area contributed by atoms with Gasteiger partial charge in [-0.25, -0.2) is 0 Å². The molecule has 0 atom stereocenters. The third-order valence-electron chi connectivity index (χ3n) is 10.3. The number of benzene rings is 7. The average Bonchev–Trinajstić information content (AvgIpc) is 3.10. The summed E-state index contributed by atoms with van der Waals surface area (Å²) in [6, 6.07) is 50.8. The summed E-state index contributed by atoms with van der Waals surface area (Å²) in [6.07, 6.45) is 1.33. The lowest BCUT2D eigenvalue weighted by atomic mass is 9.73. The van der Waals surface area contributed by atoms with E-state index in [-0.39, 0.29) is 10.8 Å². The molecule has 0 amide bonds. The van der Waals surface area contributed by atoms with Crippen LogP contribution in [0.4, 0.5) is 0 Å². The van der Waals surface area contributed by atoms with Crippen molar-refractivity contribution in [1.29, 1.82) is 0 Å². The number of phenols is 2. The predicted octanol–water partition coefficient (Wildman–Crippen LogP) is 11.2. The highest BCUT2D eigenvalue weighted by Gasteiger charge is 2.29. The number of hydrogen-bond acceptors (Lipinski definition) is 2. The van der Waals surface area contributed by atoms with Crippen LogP contribution in [-0.4, -0.2) is 10.2 Å². The van der Waals surface area contributed by atoms with Gasteiger partial charge in [-0.05, 0) is 78.2 Å². The summed E-state index contributed by atoms with van der Waals surface area (Å²) in [5, 5.41) is 26.6. The van der Waals surface area contributed by atoms with Crippen LogP contribution in [0.25, 0.3) is 21.5 Å². The summed E-state index contributed by atoms with van der Waals surface area (Å²) in [7, 11) is 0. The second-order valence-electron chi connectivity index (χ2n) is 14.2. The molecule has 0 aliphatic carbocycles. The van der Waals surface area contributed by atoms with Crippen molar-refractivity contribution in [1.82, 2.24) is 0 Å². The highest BCUT2D eigenvalue weighted by atomic mass is 16.3. The molecule has 0 heterocycles. The Morgan fingerprint density at radius 1 is 0.375 bits per heavy atom. The lowest BCUT2D eigenvalue weighted by Gasteiger charge is -2.31. The Kier molecular flexibility index (Phi) is 8.05. The van der Waals surface area contributed by atoms with Gasteiger partial charge in [0.1, 0.15) is 11.5 Å². The molecule has 238 valence electrons. The molecular weight excluding hydrogens is 585 g/mol. The zero-order valence-electron chi connectivity index (χ0n) is 28.2. The van der Waals surface area contributed by atoms with E-state index in [1.54, 1.807) is 0 Å². The Labute approximate surface area is 284 Å². The third-order valence-corrected chi connectivity index (χ3v) is 10.3. The minimum atomic E-state index is -0.297. The van der Waals surface area contributed by atoms with Crippen LogP contribution in [-0.2, 0) is 23.7 Å². The number of phenolic OH excluding ortho intramolecular Hbond substituents is 2. The fourth-order valence-corrected chi connectivity index (χ4v) is 7.00. The monoisotopic (exact) mass is 626 g/mol.